The van der Waals surface area contributed by atoms with E-state index in [1.807, 2.05) is 6.07 Å². The van der Waals surface area contributed by atoms with Crippen molar-refractivity contribution >= 4 is 11.6 Å². The van der Waals surface area contributed by atoms with Gasteiger partial charge in [-0.05, 0) is 38.4 Å². The van der Waals surface area contributed by atoms with E-state index in [1.165, 1.54) is 44.3 Å². The highest BCUT2D eigenvalue weighted by Gasteiger charge is 2.26. The summed E-state index contributed by atoms with van der Waals surface area (Å²) >= 11 is 6.17. The molecule has 1 unspecified atom stereocenters. The average Bonchev–Trinajstić information content (AvgIpc) is 2.75. The van der Waals surface area contributed by atoms with E-state index in [1.54, 1.807) is 6.20 Å². The summed E-state index contributed by atoms with van der Waals surface area (Å²) in [5.41, 5.74) is 1.21. The smallest absolute Gasteiger partial charge is 0.133 e. The Labute approximate surface area is 103 Å². The summed E-state index contributed by atoms with van der Waals surface area (Å²) in [6.07, 6.45) is 6.78. The van der Waals surface area contributed by atoms with Gasteiger partial charge >= 0.3 is 0 Å². The van der Waals surface area contributed by atoms with Crippen LogP contribution in [0.2, 0.25) is 5.15 Å². The summed E-state index contributed by atoms with van der Waals surface area (Å²) in [5.74, 6) is 0. The van der Waals surface area contributed by atoms with Crippen molar-refractivity contribution in [3.05, 3.63) is 29.0 Å². The Balaban J connectivity index is 2.10. The standard InChI is InChI=1S/C13H19ClN2/c1-2-3-9-16-10-5-7-12(16)11-6-4-8-15-13(11)14/h4,6,8,12H,2-3,5,7,9-10H2,1H3. The Morgan fingerprint density at radius 2 is 2.44 bits per heavy atom. The molecule has 88 valence electrons. The van der Waals surface area contributed by atoms with Gasteiger partial charge in [-0.3, -0.25) is 4.90 Å². The minimum atomic E-state index is 0.493. The van der Waals surface area contributed by atoms with E-state index < -0.39 is 0 Å². The summed E-state index contributed by atoms with van der Waals surface area (Å²) in [6, 6.07) is 4.59. The Hall–Kier alpha value is -0.600. The maximum atomic E-state index is 6.17. The first-order chi connectivity index (χ1) is 7.83. The number of halogens is 1. The van der Waals surface area contributed by atoms with Gasteiger partial charge in [-0.2, -0.15) is 0 Å². The van der Waals surface area contributed by atoms with Gasteiger partial charge in [0.1, 0.15) is 5.15 Å². The number of aromatic nitrogens is 1. The number of likely N-dealkylation sites (tertiary alicyclic amines) is 1. The Kier molecular flexibility index (Phi) is 4.19. The Bertz CT molecular complexity index is 340. The van der Waals surface area contributed by atoms with Crippen molar-refractivity contribution in [1.82, 2.24) is 9.88 Å². The fourth-order valence-electron chi connectivity index (χ4n) is 2.45. The summed E-state index contributed by atoms with van der Waals surface area (Å²) in [7, 11) is 0. The lowest BCUT2D eigenvalue weighted by Crippen LogP contribution is -2.24. The van der Waals surface area contributed by atoms with Gasteiger partial charge in [0.05, 0.1) is 0 Å². The molecule has 2 heterocycles. The molecule has 1 aliphatic rings. The fourth-order valence-corrected chi connectivity index (χ4v) is 2.70. The predicted octanol–water partition coefficient (Wildman–Crippen LogP) is 3.67. The lowest BCUT2D eigenvalue weighted by molar-refractivity contribution is 0.253. The predicted molar refractivity (Wildman–Crippen MR) is 67.7 cm³/mol. The van der Waals surface area contributed by atoms with E-state index in [0.29, 0.717) is 11.2 Å². The highest BCUT2D eigenvalue weighted by molar-refractivity contribution is 6.30. The van der Waals surface area contributed by atoms with Gasteiger partial charge in [-0.25, -0.2) is 4.98 Å². The van der Waals surface area contributed by atoms with E-state index in [9.17, 15) is 0 Å². The van der Waals surface area contributed by atoms with Gasteiger partial charge in [-0.15, -0.1) is 0 Å². The van der Waals surface area contributed by atoms with Crippen molar-refractivity contribution in [3.8, 4) is 0 Å². The molecule has 3 heteroatoms. The number of pyridine rings is 1. The summed E-state index contributed by atoms with van der Waals surface area (Å²) < 4.78 is 0. The van der Waals surface area contributed by atoms with Crippen LogP contribution >= 0.6 is 11.6 Å². The van der Waals surface area contributed by atoms with Crippen LogP contribution in [0.15, 0.2) is 18.3 Å². The highest BCUT2D eigenvalue weighted by atomic mass is 35.5. The first kappa shape index (κ1) is 11.9. The number of hydrogen-bond donors (Lipinski definition) is 0. The molecule has 0 saturated carbocycles. The molecule has 1 atom stereocenters. The van der Waals surface area contributed by atoms with Crippen LogP contribution in [-0.2, 0) is 0 Å². The molecule has 2 nitrogen and oxygen atoms in total. The topological polar surface area (TPSA) is 16.1 Å². The second kappa shape index (κ2) is 5.65. The third-order valence-corrected chi connectivity index (χ3v) is 3.63. The molecule has 1 aliphatic heterocycles. The molecule has 0 bridgehead atoms. The van der Waals surface area contributed by atoms with E-state index >= 15 is 0 Å². The average molecular weight is 239 g/mol. The molecule has 0 aliphatic carbocycles. The van der Waals surface area contributed by atoms with Crippen molar-refractivity contribution in [3.63, 3.8) is 0 Å². The van der Waals surface area contributed by atoms with E-state index in [4.69, 9.17) is 11.6 Å². The van der Waals surface area contributed by atoms with Crippen LogP contribution in [0.1, 0.15) is 44.2 Å². The van der Waals surface area contributed by atoms with Crippen molar-refractivity contribution < 1.29 is 0 Å². The highest BCUT2D eigenvalue weighted by Crippen LogP contribution is 2.34. The zero-order chi connectivity index (χ0) is 11.4. The molecule has 16 heavy (non-hydrogen) atoms. The molecule has 0 spiro atoms. The van der Waals surface area contributed by atoms with Gasteiger partial charge < -0.3 is 0 Å². The molecular weight excluding hydrogens is 220 g/mol. The first-order valence-electron chi connectivity index (χ1n) is 6.17. The lowest BCUT2D eigenvalue weighted by atomic mass is 10.1. The largest absolute Gasteiger partial charge is 0.296 e. The van der Waals surface area contributed by atoms with Crippen LogP contribution in [0.4, 0.5) is 0 Å². The maximum absolute atomic E-state index is 6.17. The van der Waals surface area contributed by atoms with Crippen LogP contribution in [-0.4, -0.2) is 23.0 Å². The second-order valence-corrected chi connectivity index (χ2v) is 4.79. The van der Waals surface area contributed by atoms with E-state index in [-0.39, 0.29) is 0 Å². The Morgan fingerprint density at radius 3 is 3.19 bits per heavy atom. The molecular formula is C13H19ClN2. The molecule has 1 aromatic rings. The fraction of sp³-hybridized carbons (Fsp3) is 0.615. The van der Waals surface area contributed by atoms with Gasteiger partial charge in [0, 0.05) is 17.8 Å². The van der Waals surface area contributed by atoms with Crippen molar-refractivity contribution in [2.24, 2.45) is 0 Å². The van der Waals surface area contributed by atoms with Crippen molar-refractivity contribution in [2.45, 2.75) is 38.6 Å². The number of nitrogens with zero attached hydrogens (tertiary/aromatic N) is 2. The minimum Gasteiger partial charge on any atom is -0.296 e. The SMILES string of the molecule is CCCCN1CCCC1c1cccnc1Cl. The molecule has 0 radical (unpaired) electrons. The third-order valence-electron chi connectivity index (χ3n) is 3.31. The first-order valence-corrected chi connectivity index (χ1v) is 6.55. The molecule has 0 aromatic carbocycles. The molecule has 1 saturated heterocycles. The zero-order valence-corrected chi connectivity index (χ0v) is 10.6. The summed E-state index contributed by atoms with van der Waals surface area (Å²) in [5, 5.41) is 0.677. The van der Waals surface area contributed by atoms with E-state index in [2.05, 4.69) is 22.9 Å². The van der Waals surface area contributed by atoms with Crippen molar-refractivity contribution in [2.75, 3.05) is 13.1 Å². The summed E-state index contributed by atoms with van der Waals surface area (Å²) in [4.78, 5) is 6.73. The molecule has 0 amide bonds. The monoisotopic (exact) mass is 238 g/mol. The lowest BCUT2D eigenvalue weighted by Gasteiger charge is -2.24. The summed E-state index contributed by atoms with van der Waals surface area (Å²) in [6.45, 7) is 4.63. The van der Waals surface area contributed by atoms with Crippen LogP contribution in [0, 0.1) is 0 Å². The molecule has 1 fully saturated rings. The van der Waals surface area contributed by atoms with Crippen molar-refractivity contribution in [1.29, 1.82) is 0 Å². The van der Waals surface area contributed by atoms with Crippen LogP contribution < -0.4 is 0 Å². The maximum Gasteiger partial charge on any atom is 0.133 e. The van der Waals surface area contributed by atoms with Crippen LogP contribution in [0.3, 0.4) is 0 Å². The number of hydrogen-bond acceptors (Lipinski definition) is 2. The molecule has 0 N–H and O–H groups in total. The van der Waals surface area contributed by atoms with E-state index in [0.717, 1.165) is 0 Å². The Morgan fingerprint density at radius 1 is 1.56 bits per heavy atom. The second-order valence-electron chi connectivity index (χ2n) is 4.43. The molecule has 1 aromatic heterocycles. The van der Waals surface area contributed by atoms with Gasteiger partial charge in [0.25, 0.3) is 0 Å². The van der Waals surface area contributed by atoms with Gasteiger partial charge in [-0.1, -0.05) is 31.0 Å². The third kappa shape index (κ3) is 2.55. The number of unbranched alkanes of at least 4 members (excludes halogenated alkanes) is 1. The van der Waals surface area contributed by atoms with Gasteiger partial charge in [0.2, 0.25) is 0 Å². The van der Waals surface area contributed by atoms with Crippen LogP contribution in [0.5, 0.6) is 0 Å². The minimum absolute atomic E-state index is 0.493. The quantitative estimate of drug-likeness (QED) is 0.744. The van der Waals surface area contributed by atoms with Crippen LogP contribution in [0.25, 0.3) is 0 Å². The normalized spacial score (nSPS) is 21.5. The molecule has 2 rings (SSSR count). The zero-order valence-electron chi connectivity index (χ0n) is 9.82. The number of rotatable bonds is 4. The van der Waals surface area contributed by atoms with Gasteiger partial charge in [0.15, 0.2) is 0 Å².